The second kappa shape index (κ2) is 9.04. The van der Waals surface area contributed by atoms with Gasteiger partial charge in [0, 0.05) is 23.6 Å². The quantitative estimate of drug-likeness (QED) is 0.557. The maximum atomic E-state index is 12.1. The molecule has 136 valence electrons. The molecule has 2 heterocycles. The van der Waals surface area contributed by atoms with Gasteiger partial charge in [-0.2, -0.15) is 0 Å². The first-order valence-corrected chi connectivity index (χ1v) is 8.97. The summed E-state index contributed by atoms with van der Waals surface area (Å²) in [6, 6.07) is 0. The van der Waals surface area contributed by atoms with Crippen molar-refractivity contribution in [3.63, 3.8) is 0 Å². The van der Waals surface area contributed by atoms with Crippen LogP contribution in [0.2, 0.25) is 0 Å². The fourth-order valence-corrected chi connectivity index (χ4v) is 3.08. The summed E-state index contributed by atoms with van der Waals surface area (Å²) in [5.41, 5.74) is -1.11. The third-order valence-corrected chi connectivity index (χ3v) is 4.41. The number of nitrogens with zero attached hydrogens (tertiary/aromatic N) is 1. The van der Waals surface area contributed by atoms with Crippen LogP contribution in [0.1, 0.15) is 38.5 Å². The van der Waals surface area contributed by atoms with E-state index in [2.05, 4.69) is 16.8 Å². The van der Waals surface area contributed by atoms with Gasteiger partial charge in [0.2, 0.25) is 0 Å². The molecular formula is C15H20N2O7P+. The summed E-state index contributed by atoms with van der Waals surface area (Å²) in [6.07, 6.45) is -0.244. The summed E-state index contributed by atoms with van der Waals surface area (Å²) in [5.74, 6) is 5.45. The molecule has 1 saturated heterocycles. The Morgan fingerprint density at radius 1 is 1.48 bits per heavy atom. The lowest BCUT2D eigenvalue weighted by molar-refractivity contribution is -0.0428. The topological polar surface area (TPSA) is 120 Å². The molecule has 10 heteroatoms. The summed E-state index contributed by atoms with van der Waals surface area (Å²) in [6.45, 7) is 3.35. The third-order valence-electron chi connectivity index (χ3n) is 3.49. The van der Waals surface area contributed by atoms with Crippen LogP contribution in [0, 0.1) is 11.8 Å². The fourth-order valence-electron chi connectivity index (χ4n) is 2.36. The summed E-state index contributed by atoms with van der Waals surface area (Å²) in [7, 11) is -2.35. The maximum absolute atomic E-state index is 12.1. The minimum atomic E-state index is -2.35. The molecule has 0 bridgehead atoms. The Hall–Kier alpha value is -1.82. The van der Waals surface area contributed by atoms with Gasteiger partial charge in [-0.3, -0.25) is 14.3 Å². The number of H-pyrrole nitrogens is 1. The monoisotopic (exact) mass is 371 g/mol. The Bertz CT molecular complexity index is 792. The van der Waals surface area contributed by atoms with Crippen molar-refractivity contribution in [2.75, 3.05) is 13.2 Å². The highest BCUT2D eigenvalue weighted by Gasteiger charge is 2.43. The largest absolute Gasteiger partial charge is 0.697 e. The van der Waals surface area contributed by atoms with Crippen molar-refractivity contribution in [1.29, 1.82) is 0 Å². The van der Waals surface area contributed by atoms with E-state index in [-0.39, 0.29) is 25.2 Å². The van der Waals surface area contributed by atoms with Crippen LogP contribution in [0.4, 0.5) is 0 Å². The minimum Gasteiger partial charge on any atom is -0.394 e. The van der Waals surface area contributed by atoms with E-state index >= 15 is 0 Å². The van der Waals surface area contributed by atoms with Crippen LogP contribution in [0.5, 0.6) is 0 Å². The first kappa shape index (κ1) is 19.5. The lowest BCUT2D eigenvalue weighted by Crippen LogP contribution is -2.33. The van der Waals surface area contributed by atoms with Gasteiger partial charge in [0.25, 0.3) is 5.56 Å². The first-order chi connectivity index (χ1) is 12.0. The zero-order valence-corrected chi connectivity index (χ0v) is 14.8. The standard InChI is InChI=1S/C15H19N2O7P/c1-3-5-6-10-8-17(15(20)16-14(10)19)13-7-11(12(9-18)23-13)24-25(21)22-4-2/h8,11-13,18H,3-4,7,9H2,1-2H3/p+1/t11-,12-,13-/m1/s1. The molecule has 1 aliphatic heterocycles. The van der Waals surface area contributed by atoms with E-state index in [0.717, 1.165) is 0 Å². The molecule has 0 spiro atoms. The number of hydrogen-bond acceptors (Lipinski definition) is 7. The fraction of sp³-hybridized carbons (Fsp3) is 0.600. The predicted molar refractivity (Wildman–Crippen MR) is 88.2 cm³/mol. The molecule has 0 aromatic carbocycles. The van der Waals surface area contributed by atoms with Crippen LogP contribution < -0.4 is 11.2 Å². The molecule has 9 nitrogen and oxygen atoms in total. The zero-order valence-electron chi connectivity index (χ0n) is 13.9. The highest BCUT2D eigenvalue weighted by molar-refractivity contribution is 7.33. The third kappa shape index (κ3) is 4.84. The molecular weight excluding hydrogens is 351 g/mol. The normalized spacial score (nSPS) is 23.2. The lowest BCUT2D eigenvalue weighted by Gasteiger charge is -2.14. The number of aliphatic hydroxyl groups is 1. The Morgan fingerprint density at radius 2 is 2.24 bits per heavy atom. The summed E-state index contributed by atoms with van der Waals surface area (Å²) >= 11 is 0. The van der Waals surface area contributed by atoms with Gasteiger partial charge >= 0.3 is 13.9 Å². The Labute approximate surface area is 144 Å². The van der Waals surface area contributed by atoms with Gasteiger partial charge < -0.3 is 9.84 Å². The second-order valence-electron chi connectivity index (χ2n) is 5.20. The molecule has 0 saturated carbocycles. The van der Waals surface area contributed by atoms with E-state index in [1.807, 2.05) is 6.92 Å². The van der Waals surface area contributed by atoms with Crippen LogP contribution in [-0.4, -0.2) is 40.1 Å². The van der Waals surface area contributed by atoms with E-state index in [1.54, 1.807) is 6.92 Å². The molecule has 1 fully saturated rings. The number of aromatic nitrogens is 2. The van der Waals surface area contributed by atoms with Crippen molar-refractivity contribution in [2.45, 2.75) is 45.1 Å². The van der Waals surface area contributed by atoms with Crippen LogP contribution in [0.15, 0.2) is 15.8 Å². The van der Waals surface area contributed by atoms with Crippen LogP contribution in [-0.2, 0) is 18.3 Å². The molecule has 0 amide bonds. The highest BCUT2D eigenvalue weighted by Crippen LogP contribution is 2.36. The van der Waals surface area contributed by atoms with Gasteiger partial charge in [0.05, 0.1) is 6.61 Å². The smallest absolute Gasteiger partial charge is 0.394 e. The number of hydrogen-bond donors (Lipinski definition) is 2. The summed E-state index contributed by atoms with van der Waals surface area (Å²) in [5, 5.41) is 9.42. The van der Waals surface area contributed by atoms with Crippen molar-refractivity contribution < 1.29 is 23.5 Å². The van der Waals surface area contributed by atoms with E-state index in [1.165, 1.54) is 10.8 Å². The number of aliphatic hydroxyl groups excluding tert-OH is 1. The van der Waals surface area contributed by atoms with Crippen molar-refractivity contribution in [2.24, 2.45) is 0 Å². The van der Waals surface area contributed by atoms with Crippen molar-refractivity contribution in [3.05, 3.63) is 32.6 Å². The molecule has 1 aromatic rings. The average molecular weight is 371 g/mol. The van der Waals surface area contributed by atoms with Gasteiger partial charge in [0.15, 0.2) is 0 Å². The molecule has 2 rings (SSSR count). The summed E-state index contributed by atoms with van der Waals surface area (Å²) in [4.78, 5) is 26.0. The van der Waals surface area contributed by atoms with Gasteiger partial charge in [0.1, 0.15) is 30.6 Å². The van der Waals surface area contributed by atoms with Crippen molar-refractivity contribution in [1.82, 2.24) is 9.55 Å². The zero-order chi connectivity index (χ0) is 18.4. The van der Waals surface area contributed by atoms with E-state index < -0.39 is 37.9 Å². The number of nitrogens with one attached hydrogen (secondary N) is 1. The van der Waals surface area contributed by atoms with Gasteiger partial charge in [-0.25, -0.2) is 4.79 Å². The Balaban J connectivity index is 2.25. The number of rotatable bonds is 6. The molecule has 2 N–H and O–H groups in total. The van der Waals surface area contributed by atoms with E-state index in [4.69, 9.17) is 13.8 Å². The van der Waals surface area contributed by atoms with Gasteiger partial charge in [-0.1, -0.05) is 18.8 Å². The molecule has 0 aliphatic carbocycles. The van der Waals surface area contributed by atoms with Crippen LogP contribution in [0.3, 0.4) is 0 Å². The molecule has 25 heavy (non-hydrogen) atoms. The van der Waals surface area contributed by atoms with E-state index in [0.29, 0.717) is 6.42 Å². The molecule has 1 aliphatic rings. The summed E-state index contributed by atoms with van der Waals surface area (Å²) < 4.78 is 28.5. The highest BCUT2D eigenvalue weighted by atomic mass is 31.1. The molecule has 1 unspecified atom stereocenters. The Morgan fingerprint density at radius 3 is 2.88 bits per heavy atom. The number of aromatic amines is 1. The maximum Gasteiger partial charge on any atom is 0.697 e. The molecule has 1 aromatic heterocycles. The van der Waals surface area contributed by atoms with Crippen molar-refractivity contribution >= 4 is 8.25 Å². The van der Waals surface area contributed by atoms with Gasteiger partial charge in [-0.15, -0.1) is 9.05 Å². The number of ether oxygens (including phenoxy) is 1. The first-order valence-electron chi connectivity index (χ1n) is 7.87. The molecule has 0 radical (unpaired) electrons. The minimum absolute atomic E-state index is 0.135. The van der Waals surface area contributed by atoms with E-state index in [9.17, 15) is 19.3 Å². The molecule has 4 atom stereocenters. The van der Waals surface area contributed by atoms with Crippen molar-refractivity contribution in [3.8, 4) is 11.8 Å². The lowest BCUT2D eigenvalue weighted by atomic mass is 10.2. The second-order valence-corrected chi connectivity index (χ2v) is 6.11. The van der Waals surface area contributed by atoms with Crippen LogP contribution in [0.25, 0.3) is 0 Å². The average Bonchev–Trinajstić information content (AvgIpc) is 2.96. The predicted octanol–water partition coefficient (Wildman–Crippen LogP) is 0.657. The van der Waals surface area contributed by atoms with Gasteiger partial charge in [-0.05, 0) is 6.92 Å². The SMILES string of the molecule is CCC#Cc1cn([C@H]2C[C@@H](O[P+](=O)OCC)[C@@H](CO)O2)c(=O)[nH]c1=O. The Kier molecular flexibility index (Phi) is 7.05. The van der Waals surface area contributed by atoms with Crippen LogP contribution >= 0.6 is 8.25 Å².